The molecule has 1 saturated carbocycles. The molecule has 8 nitrogen and oxygen atoms in total. The van der Waals surface area contributed by atoms with Gasteiger partial charge < -0.3 is 26.8 Å². The number of rotatable bonds is 6. The van der Waals surface area contributed by atoms with E-state index in [4.69, 9.17) is 27.8 Å². The maximum atomic E-state index is 12.0. The first-order valence-corrected chi connectivity index (χ1v) is 10.9. The summed E-state index contributed by atoms with van der Waals surface area (Å²) in [5.74, 6) is -0.0966. The lowest BCUT2D eigenvalue weighted by Crippen LogP contribution is -2.49. The average molecular weight is 433 g/mol. The van der Waals surface area contributed by atoms with Crippen LogP contribution in [0.15, 0.2) is 30.5 Å². The molecule has 0 radical (unpaired) electrons. The van der Waals surface area contributed by atoms with E-state index in [1.54, 1.807) is 23.0 Å². The first kappa shape index (κ1) is 21.1. The smallest absolute Gasteiger partial charge is 0.254 e. The number of nitrogens with zero attached hydrogens (tertiary/aromatic N) is 2. The molecule has 30 heavy (non-hydrogen) atoms. The van der Waals surface area contributed by atoms with Crippen molar-refractivity contribution in [2.24, 2.45) is 11.5 Å². The van der Waals surface area contributed by atoms with Crippen LogP contribution in [0.3, 0.4) is 0 Å². The first-order chi connectivity index (χ1) is 14.5. The number of carbonyl (C=O) groups is 1. The van der Waals surface area contributed by atoms with Crippen LogP contribution in [-0.2, 0) is 4.74 Å². The standard InChI is InChI=1S/C21H29ClN6O2/c22-13-1-3-14(4-2-13)26-21-17(20(24)29)12-28(27-21)19-6-5-16(11-18(19)23)25-15-7-9-30-10-8-15/h1-4,12,15-16,18-19,25H,5-11,23H2,(H2,24,29)(H,26,27)/t16-,18-,19?/m0/s1. The third kappa shape index (κ3) is 4.95. The van der Waals surface area contributed by atoms with Gasteiger partial charge in [0.15, 0.2) is 5.82 Å². The van der Waals surface area contributed by atoms with Crippen LogP contribution >= 0.6 is 11.6 Å². The van der Waals surface area contributed by atoms with E-state index in [1.165, 1.54) is 0 Å². The molecule has 0 spiro atoms. The highest BCUT2D eigenvalue weighted by Crippen LogP contribution is 2.30. The van der Waals surface area contributed by atoms with Crippen molar-refractivity contribution >= 4 is 29.0 Å². The summed E-state index contributed by atoms with van der Waals surface area (Å²) in [6.07, 6.45) is 6.58. The molecule has 1 aliphatic carbocycles. The van der Waals surface area contributed by atoms with E-state index in [0.29, 0.717) is 28.5 Å². The molecule has 1 unspecified atom stereocenters. The SMILES string of the molecule is NC(=O)c1cn(C2CC[C@H](NC3CCOCC3)C[C@@H]2N)nc1Nc1ccc(Cl)cc1. The highest BCUT2D eigenvalue weighted by atomic mass is 35.5. The summed E-state index contributed by atoms with van der Waals surface area (Å²) in [4.78, 5) is 12.0. The van der Waals surface area contributed by atoms with Gasteiger partial charge in [0.2, 0.25) is 0 Å². The minimum atomic E-state index is -0.527. The Hall–Kier alpha value is -2.13. The minimum Gasteiger partial charge on any atom is -0.381 e. The fourth-order valence-corrected chi connectivity index (χ4v) is 4.50. The van der Waals surface area contributed by atoms with Gasteiger partial charge >= 0.3 is 0 Å². The number of halogens is 1. The maximum absolute atomic E-state index is 12.0. The van der Waals surface area contributed by atoms with Gasteiger partial charge in [-0.1, -0.05) is 11.6 Å². The van der Waals surface area contributed by atoms with Crippen molar-refractivity contribution in [3.05, 3.63) is 41.0 Å². The number of anilines is 2. The molecule has 162 valence electrons. The summed E-state index contributed by atoms with van der Waals surface area (Å²) in [5.41, 5.74) is 13.3. The third-order valence-corrected chi connectivity index (χ3v) is 6.25. The zero-order valence-corrected chi connectivity index (χ0v) is 17.6. The van der Waals surface area contributed by atoms with Gasteiger partial charge in [-0.05, 0) is 56.4 Å². The van der Waals surface area contributed by atoms with Crippen LogP contribution in [0.4, 0.5) is 11.5 Å². The number of amides is 1. The van der Waals surface area contributed by atoms with Gasteiger partial charge in [-0.25, -0.2) is 0 Å². The second-order valence-electron chi connectivity index (χ2n) is 8.16. The van der Waals surface area contributed by atoms with E-state index in [2.05, 4.69) is 15.7 Å². The molecule has 1 amide bonds. The Morgan fingerprint density at radius 3 is 2.53 bits per heavy atom. The van der Waals surface area contributed by atoms with Crippen LogP contribution in [0.25, 0.3) is 0 Å². The summed E-state index contributed by atoms with van der Waals surface area (Å²) in [5, 5.41) is 12.2. The van der Waals surface area contributed by atoms with Crippen LogP contribution < -0.4 is 22.1 Å². The van der Waals surface area contributed by atoms with Crippen LogP contribution in [0, 0.1) is 0 Å². The van der Waals surface area contributed by atoms with Crippen LogP contribution in [0.2, 0.25) is 5.02 Å². The van der Waals surface area contributed by atoms with Crippen LogP contribution in [0.5, 0.6) is 0 Å². The van der Waals surface area contributed by atoms with E-state index < -0.39 is 5.91 Å². The van der Waals surface area contributed by atoms with Gasteiger partial charge in [0.25, 0.3) is 5.91 Å². The molecule has 3 atom stereocenters. The number of benzene rings is 1. The molecular formula is C21H29ClN6O2. The van der Waals surface area contributed by atoms with Gasteiger partial charge in [0, 0.05) is 48.2 Å². The predicted octanol–water partition coefficient (Wildman–Crippen LogP) is 2.57. The van der Waals surface area contributed by atoms with Crippen molar-refractivity contribution in [1.82, 2.24) is 15.1 Å². The molecule has 2 heterocycles. The quantitative estimate of drug-likeness (QED) is 0.556. The van der Waals surface area contributed by atoms with Crippen molar-refractivity contribution in [3.63, 3.8) is 0 Å². The molecule has 2 aliphatic rings. The summed E-state index contributed by atoms with van der Waals surface area (Å²) in [7, 11) is 0. The fraction of sp³-hybridized carbons (Fsp3) is 0.524. The van der Waals surface area contributed by atoms with E-state index >= 15 is 0 Å². The van der Waals surface area contributed by atoms with Crippen LogP contribution in [0.1, 0.15) is 48.5 Å². The number of hydrogen-bond acceptors (Lipinski definition) is 6. The largest absolute Gasteiger partial charge is 0.381 e. The summed E-state index contributed by atoms with van der Waals surface area (Å²) in [6.45, 7) is 1.65. The number of primary amides is 1. The molecular weight excluding hydrogens is 404 g/mol. The highest BCUT2D eigenvalue weighted by Gasteiger charge is 2.32. The van der Waals surface area contributed by atoms with E-state index in [9.17, 15) is 4.79 Å². The lowest BCUT2D eigenvalue weighted by atomic mass is 9.86. The number of nitrogens with two attached hydrogens (primary N) is 2. The number of carbonyl (C=O) groups excluding carboxylic acids is 1. The molecule has 2 aromatic rings. The summed E-state index contributed by atoms with van der Waals surface area (Å²) in [6, 6.07) is 8.07. The van der Waals surface area contributed by atoms with Crippen molar-refractivity contribution in [2.45, 2.75) is 56.3 Å². The predicted molar refractivity (Wildman–Crippen MR) is 117 cm³/mol. The van der Waals surface area contributed by atoms with Crippen molar-refractivity contribution in [3.8, 4) is 0 Å². The Kier molecular flexibility index (Phi) is 6.58. The van der Waals surface area contributed by atoms with Crippen molar-refractivity contribution in [2.75, 3.05) is 18.5 Å². The summed E-state index contributed by atoms with van der Waals surface area (Å²) < 4.78 is 7.24. The zero-order chi connectivity index (χ0) is 21.1. The zero-order valence-electron chi connectivity index (χ0n) is 16.9. The Morgan fingerprint density at radius 1 is 1.13 bits per heavy atom. The molecule has 2 fully saturated rings. The minimum absolute atomic E-state index is 0.0246. The number of hydrogen-bond donors (Lipinski definition) is 4. The molecule has 1 saturated heterocycles. The Balaban J connectivity index is 1.44. The van der Waals surface area contributed by atoms with Gasteiger partial charge in [0.1, 0.15) is 5.56 Å². The normalized spacial score (nSPS) is 25.2. The molecule has 0 bridgehead atoms. The van der Waals surface area contributed by atoms with E-state index in [1.807, 2.05) is 12.1 Å². The molecule has 1 aromatic heterocycles. The van der Waals surface area contributed by atoms with Gasteiger partial charge in [0.05, 0.1) is 6.04 Å². The number of nitrogens with one attached hydrogen (secondary N) is 2. The number of ether oxygens (including phenoxy) is 1. The summed E-state index contributed by atoms with van der Waals surface area (Å²) >= 11 is 5.94. The van der Waals surface area contributed by atoms with Gasteiger partial charge in [-0.2, -0.15) is 5.10 Å². The van der Waals surface area contributed by atoms with E-state index in [0.717, 1.165) is 51.0 Å². The van der Waals surface area contributed by atoms with Gasteiger partial charge in [-0.3, -0.25) is 9.48 Å². The lowest BCUT2D eigenvalue weighted by molar-refractivity contribution is 0.0715. The topological polar surface area (TPSA) is 120 Å². The lowest BCUT2D eigenvalue weighted by Gasteiger charge is -2.37. The molecule has 4 rings (SSSR count). The second kappa shape index (κ2) is 9.34. The molecule has 9 heteroatoms. The van der Waals surface area contributed by atoms with E-state index in [-0.39, 0.29) is 12.1 Å². The molecule has 1 aliphatic heterocycles. The second-order valence-corrected chi connectivity index (χ2v) is 8.60. The highest BCUT2D eigenvalue weighted by molar-refractivity contribution is 6.30. The Bertz CT molecular complexity index is 865. The van der Waals surface area contributed by atoms with Gasteiger partial charge in [-0.15, -0.1) is 0 Å². The van der Waals surface area contributed by atoms with Crippen LogP contribution in [-0.4, -0.2) is 47.0 Å². The molecule has 6 N–H and O–H groups in total. The monoisotopic (exact) mass is 432 g/mol. The third-order valence-electron chi connectivity index (χ3n) is 6.00. The Morgan fingerprint density at radius 2 is 1.87 bits per heavy atom. The number of aromatic nitrogens is 2. The first-order valence-electron chi connectivity index (χ1n) is 10.5. The Labute approximate surface area is 181 Å². The van der Waals surface area contributed by atoms with Crippen molar-refractivity contribution < 1.29 is 9.53 Å². The molecule has 1 aromatic carbocycles. The average Bonchev–Trinajstić information content (AvgIpc) is 3.14. The fourth-order valence-electron chi connectivity index (χ4n) is 4.37. The van der Waals surface area contributed by atoms with Crippen molar-refractivity contribution in [1.29, 1.82) is 0 Å². The maximum Gasteiger partial charge on any atom is 0.254 e.